The van der Waals surface area contributed by atoms with E-state index in [1.54, 1.807) is 11.9 Å². The molecule has 0 N–H and O–H groups in total. The van der Waals surface area contributed by atoms with Gasteiger partial charge in [0, 0.05) is 7.05 Å². The molecular formula is C27H41NO4Si. The second-order valence-corrected chi connectivity index (χ2v) is 15.9. The van der Waals surface area contributed by atoms with Gasteiger partial charge < -0.3 is 18.8 Å². The van der Waals surface area contributed by atoms with Crippen molar-refractivity contribution in [3.63, 3.8) is 0 Å². The molecule has 6 heteroatoms. The molecule has 2 aromatic carbocycles. The zero-order valence-electron chi connectivity index (χ0n) is 21.8. The first-order valence-corrected chi connectivity index (χ1v) is 14.5. The van der Waals surface area contributed by atoms with Gasteiger partial charge >= 0.3 is 6.09 Å². The number of benzene rings is 2. The molecule has 2 rings (SSSR count). The summed E-state index contributed by atoms with van der Waals surface area (Å²) in [4.78, 5) is 14.1. The van der Waals surface area contributed by atoms with Gasteiger partial charge in [0.25, 0.3) is 0 Å². The van der Waals surface area contributed by atoms with Crippen LogP contribution in [-0.4, -0.2) is 38.5 Å². The molecule has 0 radical (unpaired) electrons. The molecule has 33 heavy (non-hydrogen) atoms. The van der Waals surface area contributed by atoms with Gasteiger partial charge in [-0.2, -0.15) is 0 Å². The summed E-state index contributed by atoms with van der Waals surface area (Å²) >= 11 is 0. The molecule has 0 fully saturated rings. The Labute approximate surface area is 201 Å². The van der Waals surface area contributed by atoms with Crippen molar-refractivity contribution in [1.29, 1.82) is 0 Å². The van der Waals surface area contributed by atoms with Gasteiger partial charge in [-0.3, -0.25) is 0 Å². The Kier molecular flexibility index (Phi) is 8.77. The summed E-state index contributed by atoms with van der Waals surface area (Å²) in [6.07, 6.45) is -0.705. The summed E-state index contributed by atoms with van der Waals surface area (Å²) in [7, 11) is -0.110. The number of ether oxygens (including phenoxy) is 2. The third-order valence-electron chi connectivity index (χ3n) is 5.90. The maximum absolute atomic E-state index is 12.5. The monoisotopic (exact) mass is 471 g/mol. The lowest BCUT2D eigenvalue weighted by Gasteiger charge is -2.36. The molecule has 0 aliphatic heterocycles. The van der Waals surface area contributed by atoms with Crippen molar-refractivity contribution in [2.24, 2.45) is 0 Å². The fourth-order valence-electron chi connectivity index (χ4n) is 2.89. The lowest BCUT2D eigenvalue weighted by Crippen LogP contribution is -2.40. The van der Waals surface area contributed by atoms with Crippen LogP contribution in [0.5, 0.6) is 5.75 Å². The smallest absolute Gasteiger partial charge is 0.410 e. The van der Waals surface area contributed by atoms with Gasteiger partial charge in [0.15, 0.2) is 8.32 Å². The summed E-state index contributed by atoms with van der Waals surface area (Å²) in [5.41, 5.74) is 1.52. The van der Waals surface area contributed by atoms with E-state index < -0.39 is 13.9 Å². The molecule has 0 saturated carbocycles. The van der Waals surface area contributed by atoms with Gasteiger partial charge in [0.2, 0.25) is 0 Å². The van der Waals surface area contributed by atoms with Crippen LogP contribution in [0.15, 0.2) is 54.6 Å². The third-order valence-corrected chi connectivity index (χ3v) is 10.4. The molecule has 1 atom stereocenters. The average molecular weight is 472 g/mol. The van der Waals surface area contributed by atoms with E-state index in [2.05, 4.69) is 39.9 Å². The molecule has 0 aromatic heterocycles. The second kappa shape index (κ2) is 10.7. The highest BCUT2D eigenvalue weighted by Gasteiger charge is 2.37. The molecule has 0 heterocycles. The fraction of sp³-hybridized carbons (Fsp3) is 0.519. The molecular weight excluding hydrogens is 430 g/mol. The first kappa shape index (κ1) is 26.9. The summed E-state index contributed by atoms with van der Waals surface area (Å²) in [5.74, 6) is 0.748. The van der Waals surface area contributed by atoms with Crippen molar-refractivity contribution in [3.8, 4) is 5.75 Å². The maximum atomic E-state index is 12.5. The van der Waals surface area contributed by atoms with Crippen LogP contribution in [0.3, 0.4) is 0 Å². The Balaban J connectivity index is 2.17. The summed E-state index contributed by atoms with van der Waals surface area (Å²) in [6, 6.07) is 18.0. The van der Waals surface area contributed by atoms with Crippen molar-refractivity contribution in [1.82, 2.24) is 4.90 Å². The molecule has 2 aromatic rings. The molecule has 0 saturated heterocycles. The van der Waals surface area contributed by atoms with E-state index in [0.717, 1.165) is 16.9 Å². The van der Waals surface area contributed by atoms with Crippen LogP contribution < -0.4 is 4.74 Å². The highest BCUT2D eigenvalue weighted by atomic mass is 28.4. The molecule has 182 valence electrons. The molecule has 0 spiro atoms. The standard InChI is InChI=1S/C27H41NO4Si/c1-26(2,3)32-25(29)28(7)19-24(22-15-11-10-12-16-22)31-23-17-13-14-21(18-23)20-30-33(8,9)27(4,5)6/h10-18,24H,19-20H2,1-9H3. The highest BCUT2D eigenvalue weighted by molar-refractivity contribution is 6.74. The predicted octanol–water partition coefficient (Wildman–Crippen LogP) is 7.20. The van der Waals surface area contributed by atoms with Gasteiger partial charge in [-0.15, -0.1) is 0 Å². The van der Waals surface area contributed by atoms with Crippen LogP contribution in [0, 0.1) is 0 Å². The molecule has 1 unspecified atom stereocenters. The number of carbonyl (C=O) groups is 1. The number of hydrogen-bond donors (Lipinski definition) is 0. The van der Waals surface area contributed by atoms with E-state index in [0.29, 0.717) is 13.2 Å². The lowest BCUT2D eigenvalue weighted by atomic mass is 10.1. The Morgan fingerprint density at radius 3 is 2.18 bits per heavy atom. The molecule has 0 aliphatic rings. The topological polar surface area (TPSA) is 48.0 Å². The zero-order valence-corrected chi connectivity index (χ0v) is 22.8. The molecule has 0 aliphatic carbocycles. The van der Waals surface area contributed by atoms with Gasteiger partial charge in [-0.1, -0.05) is 63.2 Å². The third kappa shape index (κ3) is 8.52. The van der Waals surface area contributed by atoms with E-state index in [1.807, 2.05) is 69.3 Å². The zero-order chi connectivity index (χ0) is 24.9. The normalized spacial score (nSPS) is 13.4. The minimum Gasteiger partial charge on any atom is -0.484 e. The Bertz CT molecular complexity index is 900. The summed E-state index contributed by atoms with van der Waals surface area (Å²) in [5, 5.41) is 0.158. The minimum atomic E-state index is -1.84. The Morgan fingerprint density at radius 2 is 1.61 bits per heavy atom. The van der Waals surface area contributed by atoms with Crippen LogP contribution in [0.4, 0.5) is 4.79 Å². The van der Waals surface area contributed by atoms with Gasteiger partial charge in [-0.25, -0.2) is 4.79 Å². The highest BCUT2D eigenvalue weighted by Crippen LogP contribution is 2.37. The van der Waals surface area contributed by atoms with Crippen molar-refractivity contribution >= 4 is 14.4 Å². The van der Waals surface area contributed by atoms with Crippen LogP contribution >= 0.6 is 0 Å². The first-order chi connectivity index (χ1) is 15.2. The first-order valence-electron chi connectivity index (χ1n) is 11.6. The Morgan fingerprint density at radius 1 is 0.970 bits per heavy atom. The number of hydrogen-bond acceptors (Lipinski definition) is 4. The Hall–Kier alpha value is -2.31. The van der Waals surface area contributed by atoms with E-state index >= 15 is 0 Å². The summed E-state index contributed by atoms with van der Waals surface area (Å²) in [6.45, 7) is 17.7. The van der Waals surface area contributed by atoms with Crippen LogP contribution in [0.2, 0.25) is 18.1 Å². The van der Waals surface area contributed by atoms with Crippen molar-refractivity contribution in [3.05, 3.63) is 65.7 Å². The van der Waals surface area contributed by atoms with Crippen molar-refractivity contribution in [2.75, 3.05) is 13.6 Å². The average Bonchev–Trinajstić information content (AvgIpc) is 2.70. The van der Waals surface area contributed by atoms with E-state index in [1.165, 1.54) is 0 Å². The molecule has 0 bridgehead atoms. The predicted molar refractivity (Wildman–Crippen MR) is 137 cm³/mol. The molecule has 1 amide bonds. The number of likely N-dealkylation sites (N-methyl/N-ethyl adjacent to an activating group) is 1. The number of rotatable bonds is 8. The number of amides is 1. The number of nitrogens with zero attached hydrogens (tertiary/aromatic N) is 1. The van der Waals surface area contributed by atoms with Gasteiger partial charge in [-0.05, 0) is 62.2 Å². The summed E-state index contributed by atoms with van der Waals surface area (Å²) < 4.78 is 18.3. The maximum Gasteiger partial charge on any atom is 0.410 e. The number of carbonyl (C=O) groups excluding carboxylic acids is 1. The van der Waals surface area contributed by atoms with Crippen molar-refractivity contribution < 1.29 is 18.7 Å². The minimum absolute atomic E-state index is 0.158. The van der Waals surface area contributed by atoms with Gasteiger partial charge in [0.05, 0.1) is 13.2 Å². The SMILES string of the molecule is CN(CC(Oc1cccc(CO[Si](C)(C)C(C)(C)C)c1)c1ccccc1)C(=O)OC(C)(C)C. The van der Waals surface area contributed by atoms with E-state index in [-0.39, 0.29) is 17.2 Å². The van der Waals surface area contributed by atoms with E-state index in [4.69, 9.17) is 13.9 Å². The molecule has 5 nitrogen and oxygen atoms in total. The second-order valence-electron chi connectivity index (χ2n) is 11.1. The fourth-order valence-corrected chi connectivity index (χ4v) is 3.86. The van der Waals surface area contributed by atoms with E-state index in [9.17, 15) is 4.79 Å². The lowest BCUT2D eigenvalue weighted by molar-refractivity contribution is 0.0226. The van der Waals surface area contributed by atoms with Crippen LogP contribution in [0.1, 0.15) is 58.8 Å². The quantitative estimate of drug-likeness (QED) is 0.382. The van der Waals surface area contributed by atoms with Crippen molar-refractivity contribution in [2.45, 2.75) is 78.0 Å². The van der Waals surface area contributed by atoms with Crippen LogP contribution in [0.25, 0.3) is 0 Å². The van der Waals surface area contributed by atoms with Crippen LogP contribution in [-0.2, 0) is 15.8 Å². The largest absolute Gasteiger partial charge is 0.484 e. The van der Waals surface area contributed by atoms with Gasteiger partial charge in [0.1, 0.15) is 17.5 Å².